The number of carbonyl (C=O) groups excluding carboxylic acids is 1. The van der Waals surface area contributed by atoms with Crippen LogP contribution < -0.4 is 0 Å². The SMILES string of the molecule is CCC(C)(C)[C@@H]1CCC2=NN(C(=O)c3ccccc3Br)[C@@](O)(C(F)(F)F)[C@@H]2C1. The molecule has 1 aromatic carbocycles. The molecular formula is C20H24BrF3N2O2. The third-order valence-corrected chi connectivity index (χ3v) is 7.13. The zero-order valence-corrected chi connectivity index (χ0v) is 17.6. The summed E-state index contributed by atoms with van der Waals surface area (Å²) in [5.74, 6) is -2.21. The molecule has 8 heteroatoms. The van der Waals surface area contributed by atoms with Crippen molar-refractivity contribution in [3.05, 3.63) is 34.3 Å². The van der Waals surface area contributed by atoms with E-state index in [-0.39, 0.29) is 34.0 Å². The Kier molecular flexibility index (Phi) is 5.42. The van der Waals surface area contributed by atoms with Crippen LogP contribution in [-0.2, 0) is 0 Å². The first-order chi connectivity index (χ1) is 12.9. The highest BCUT2D eigenvalue weighted by molar-refractivity contribution is 9.10. The molecule has 0 saturated heterocycles. The Balaban J connectivity index is 2.03. The summed E-state index contributed by atoms with van der Waals surface area (Å²) < 4.78 is 42.7. The van der Waals surface area contributed by atoms with Crippen molar-refractivity contribution in [2.75, 3.05) is 0 Å². The summed E-state index contributed by atoms with van der Waals surface area (Å²) in [6.07, 6.45) is -3.02. The van der Waals surface area contributed by atoms with E-state index in [2.05, 4.69) is 21.0 Å². The molecule has 1 aromatic rings. The second kappa shape index (κ2) is 7.13. The van der Waals surface area contributed by atoms with Crippen LogP contribution in [0, 0.1) is 17.3 Å². The molecule has 3 atom stereocenters. The van der Waals surface area contributed by atoms with Gasteiger partial charge in [0.15, 0.2) is 0 Å². The molecule has 1 amide bonds. The first kappa shape index (κ1) is 21.3. The molecule has 1 fully saturated rings. The van der Waals surface area contributed by atoms with Gasteiger partial charge in [-0.05, 0) is 58.7 Å². The Hall–Kier alpha value is -1.41. The predicted molar refractivity (Wildman–Crippen MR) is 104 cm³/mol. The standard InChI is InChI=1S/C20H24BrF3N2O2/c1-4-18(2,3)12-9-10-16-14(11-12)19(28,20(22,23)24)26(25-16)17(27)13-7-5-6-8-15(13)21/h5-8,12,14,28H,4,9-11H2,1-3H3/t12-,14-,19+/m1/s1. The first-order valence-electron chi connectivity index (χ1n) is 9.39. The van der Waals surface area contributed by atoms with E-state index in [9.17, 15) is 23.1 Å². The molecule has 0 aromatic heterocycles. The minimum Gasteiger partial charge on any atom is -0.362 e. The Labute approximate surface area is 170 Å². The van der Waals surface area contributed by atoms with Crippen LogP contribution in [0.2, 0.25) is 0 Å². The van der Waals surface area contributed by atoms with E-state index >= 15 is 0 Å². The van der Waals surface area contributed by atoms with Crippen LogP contribution in [-0.4, -0.2) is 33.6 Å². The van der Waals surface area contributed by atoms with E-state index in [4.69, 9.17) is 0 Å². The molecule has 3 rings (SSSR count). The molecule has 154 valence electrons. The van der Waals surface area contributed by atoms with Crippen molar-refractivity contribution in [3.8, 4) is 0 Å². The lowest BCUT2D eigenvalue weighted by atomic mass is 9.64. The number of rotatable bonds is 3. The van der Waals surface area contributed by atoms with Gasteiger partial charge in [0.2, 0.25) is 0 Å². The summed E-state index contributed by atoms with van der Waals surface area (Å²) >= 11 is 3.19. The van der Waals surface area contributed by atoms with Crippen LogP contribution in [0.4, 0.5) is 13.2 Å². The van der Waals surface area contributed by atoms with Crippen LogP contribution in [0.25, 0.3) is 0 Å². The Bertz CT molecular complexity index is 809. The fourth-order valence-corrected chi connectivity index (χ4v) is 4.62. The lowest BCUT2D eigenvalue weighted by Gasteiger charge is -2.43. The van der Waals surface area contributed by atoms with E-state index in [0.717, 1.165) is 6.42 Å². The lowest BCUT2D eigenvalue weighted by Crippen LogP contribution is -2.62. The van der Waals surface area contributed by atoms with Crippen molar-refractivity contribution in [2.24, 2.45) is 22.4 Å². The molecule has 0 radical (unpaired) electrons. The van der Waals surface area contributed by atoms with Crippen LogP contribution in [0.5, 0.6) is 0 Å². The van der Waals surface area contributed by atoms with Crippen LogP contribution in [0.1, 0.15) is 56.8 Å². The molecule has 4 nitrogen and oxygen atoms in total. The lowest BCUT2D eigenvalue weighted by molar-refractivity contribution is -0.314. The summed E-state index contributed by atoms with van der Waals surface area (Å²) in [4.78, 5) is 12.9. The summed E-state index contributed by atoms with van der Waals surface area (Å²) in [6, 6.07) is 6.19. The van der Waals surface area contributed by atoms with Crippen molar-refractivity contribution in [3.63, 3.8) is 0 Å². The number of carbonyl (C=O) groups is 1. The van der Waals surface area contributed by atoms with Gasteiger partial charge in [-0.3, -0.25) is 4.79 Å². The monoisotopic (exact) mass is 460 g/mol. The number of halogens is 4. The number of fused-ring (bicyclic) bond motifs is 1. The number of hydrogen-bond donors (Lipinski definition) is 1. The number of alkyl halides is 3. The second-order valence-corrected chi connectivity index (χ2v) is 9.13. The van der Waals surface area contributed by atoms with E-state index < -0.39 is 23.7 Å². The molecule has 0 unspecified atom stereocenters. The molecule has 0 bridgehead atoms. The van der Waals surface area contributed by atoms with E-state index in [1.54, 1.807) is 18.2 Å². The molecule has 1 aliphatic heterocycles. The molecule has 1 aliphatic carbocycles. The van der Waals surface area contributed by atoms with Crippen molar-refractivity contribution >= 4 is 27.5 Å². The maximum Gasteiger partial charge on any atom is 0.439 e. The van der Waals surface area contributed by atoms with Crippen molar-refractivity contribution < 1.29 is 23.1 Å². The molecule has 0 spiro atoms. The van der Waals surface area contributed by atoms with Crippen molar-refractivity contribution in [1.29, 1.82) is 0 Å². The Morgan fingerprint density at radius 1 is 1.36 bits per heavy atom. The van der Waals surface area contributed by atoms with E-state index in [0.29, 0.717) is 17.3 Å². The maximum absolute atomic E-state index is 14.1. The smallest absolute Gasteiger partial charge is 0.362 e. The van der Waals surface area contributed by atoms with Crippen LogP contribution in [0.15, 0.2) is 33.8 Å². The van der Waals surface area contributed by atoms with Gasteiger partial charge in [0.1, 0.15) is 0 Å². The highest BCUT2D eigenvalue weighted by atomic mass is 79.9. The van der Waals surface area contributed by atoms with Gasteiger partial charge in [-0.15, -0.1) is 0 Å². The van der Waals surface area contributed by atoms with Gasteiger partial charge in [0.05, 0.1) is 11.5 Å². The maximum atomic E-state index is 14.1. The number of hydrazone groups is 1. The number of aliphatic hydroxyl groups is 1. The zero-order valence-electron chi connectivity index (χ0n) is 16.1. The predicted octanol–water partition coefficient (Wildman–Crippen LogP) is 5.36. The van der Waals surface area contributed by atoms with Crippen molar-refractivity contribution in [2.45, 2.75) is 58.4 Å². The highest BCUT2D eigenvalue weighted by Crippen LogP contribution is 2.52. The summed E-state index contributed by atoms with van der Waals surface area (Å²) in [5, 5.41) is 15.2. The van der Waals surface area contributed by atoms with Gasteiger partial charge in [-0.2, -0.15) is 23.3 Å². The topological polar surface area (TPSA) is 52.9 Å². The van der Waals surface area contributed by atoms with Gasteiger partial charge in [-0.1, -0.05) is 39.3 Å². The highest BCUT2D eigenvalue weighted by Gasteiger charge is 2.69. The van der Waals surface area contributed by atoms with Gasteiger partial charge in [0.25, 0.3) is 11.6 Å². The van der Waals surface area contributed by atoms with E-state index in [1.165, 1.54) is 6.07 Å². The van der Waals surface area contributed by atoms with Gasteiger partial charge in [-0.25, -0.2) is 0 Å². The third-order valence-electron chi connectivity index (χ3n) is 6.44. The van der Waals surface area contributed by atoms with Gasteiger partial charge in [0, 0.05) is 10.2 Å². The minimum absolute atomic E-state index is 0.00818. The normalized spacial score (nSPS) is 28.1. The second-order valence-electron chi connectivity index (χ2n) is 8.28. The fraction of sp³-hybridized carbons (Fsp3) is 0.600. The molecule has 2 aliphatic rings. The fourth-order valence-electron chi connectivity index (χ4n) is 4.17. The average Bonchev–Trinajstić information content (AvgIpc) is 2.95. The molecule has 1 saturated carbocycles. The van der Waals surface area contributed by atoms with E-state index in [1.807, 2.05) is 20.8 Å². The largest absolute Gasteiger partial charge is 0.439 e. The summed E-state index contributed by atoms with van der Waals surface area (Å²) in [6.45, 7) is 6.08. The Morgan fingerprint density at radius 2 is 2.00 bits per heavy atom. The van der Waals surface area contributed by atoms with Crippen molar-refractivity contribution in [1.82, 2.24) is 5.01 Å². The van der Waals surface area contributed by atoms with Gasteiger partial charge >= 0.3 is 6.18 Å². The molecule has 28 heavy (non-hydrogen) atoms. The van der Waals surface area contributed by atoms with Crippen LogP contribution in [0.3, 0.4) is 0 Å². The number of hydrogen-bond acceptors (Lipinski definition) is 3. The number of benzene rings is 1. The molecule has 1 N–H and O–H groups in total. The number of amides is 1. The summed E-state index contributed by atoms with van der Waals surface area (Å²) in [7, 11) is 0. The number of nitrogens with zero attached hydrogens (tertiary/aromatic N) is 2. The quantitative estimate of drug-likeness (QED) is 0.659. The average molecular weight is 461 g/mol. The zero-order chi connectivity index (χ0) is 20.9. The third kappa shape index (κ3) is 3.28. The Morgan fingerprint density at radius 3 is 2.57 bits per heavy atom. The van der Waals surface area contributed by atoms with Gasteiger partial charge < -0.3 is 5.11 Å². The van der Waals surface area contributed by atoms with Crippen LogP contribution >= 0.6 is 15.9 Å². The first-order valence-corrected chi connectivity index (χ1v) is 10.2. The summed E-state index contributed by atoms with van der Waals surface area (Å²) in [5.41, 5.74) is -3.21. The minimum atomic E-state index is -5.03. The molecule has 1 heterocycles. The molecular weight excluding hydrogens is 437 g/mol.